The summed E-state index contributed by atoms with van der Waals surface area (Å²) in [5.74, 6) is -1.05. The van der Waals surface area contributed by atoms with Gasteiger partial charge >= 0.3 is 6.03 Å². The van der Waals surface area contributed by atoms with Crippen LogP contribution in [-0.2, 0) is 11.3 Å². The average molecular weight is 454 g/mol. The Labute approximate surface area is 193 Å². The molecule has 1 saturated heterocycles. The standard InChI is InChI=1S/C26H19FN4O3/c27-19-11-7-8-17(14-19)16-30-25(33)22(28-26(30)34)15-21-23(18-9-3-1-4-10-18)29-31(24(21)32)20-12-5-2-6-13-20/h1-15,29H,16H2,(H,28,34). The summed E-state index contributed by atoms with van der Waals surface area (Å²) in [7, 11) is 0. The number of halogens is 1. The zero-order valence-corrected chi connectivity index (χ0v) is 17.9. The van der Waals surface area contributed by atoms with E-state index >= 15 is 0 Å². The zero-order valence-electron chi connectivity index (χ0n) is 17.9. The van der Waals surface area contributed by atoms with Crippen LogP contribution in [0.15, 0.2) is 95.4 Å². The number of carbonyl (C=O) groups is 2. The van der Waals surface area contributed by atoms with Crippen molar-refractivity contribution in [2.75, 3.05) is 0 Å². The van der Waals surface area contributed by atoms with Gasteiger partial charge in [-0.2, -0.15) is 0 Å². The first-order valence-corrected chi connectivity index (χ1v) is 10.6. The van der Waals surface area contributed by atoms with Gasteiger partial charge < -0.3 is 5.32 Å². The van der Waals surface area contributed by atoms with Crippen molar-refractivity contribution in [2.45, 2.75) is 6.54 Å². The number of rotatable bonds is 5. The molecule has 0 radical (unpaired) electrons. The van der Waals surface area contributed by atoms with Crippen LogP contribution in [0, 0.1) is 5.82 Å². The number of H-pyrrole nitrogens is 1. The van der Waals surface area contributed by atoms with Gasteiger partial charge in [-0.1, -0.05) is 60.7 Å². The van der Waals surface area contributed by atoms with Crippen LogP contribution in [0.1, 0.15) is 11.1 Å². The van der Waals surface area contributed by atoms with Crippen molar-refractivity contribution in [3.63, 3.8) is 0 Å². The molecule has 8 heteroatoms. The summed E-state index contributed by atoms with van der Waals surface area (Å²) < 4.78 is 14.9. The van der Waals surface area contributed by atoms with Gasteiger partial charge in [-0.25, -0.2) is 13.9 Å². The van der Waals surface area contributed by atoms with E-state index in [0.717, 1.165) is 10.5 Å². The summed E-state index contributed by atoms with van der Waals surface area (Å²) in [5.41, 5.74) is 2.18. The van der Waals surface area contributed by atoms with Crippen molar-refractivity contribution < 1.29 is 14.0 Å². The van der Waals surface area contributed by atoms with Crippen LogP contribution in [0.5, 0.6) is 0 Å². The molecule has 1 fully saturated rings. The third-order valence-corrected chi connectivity index (χ3v) is 5.48. The number of benzene rings is 3. The highest BCUT2D eigenvalue weighted by molar-refractivity contribution is 6.14. The van der Waals surface area contributed by atoms with E-state index in [1.54, 1.807) is 18.2 Å². The largest absolute Gasteiger partial charge is 0.329 e. The fourth-order valence-electron chi connectivity index (χ4n) is 3.85. The molecule has 0 aliphatic carbocycles. The van der Waals surface area contributed by atoms with Gasteiger partial charge in [0.1, 0.15) is 11.5 Å². The number of nitrogens with zero attached hydrogens (tertiary/aromatic N) is 2. The molecule has 2 N–H and O–H groups in total. The zero-order chi connectivity index (χ0) is 23.7. The van der Waals surface area contributed by atoms with Gasteiger partial charge in [-0.3, -0.25) is 19.6 Å². The number of carbonyl (C=O) groups excluding carboxylic acids is 2. The summed E-state index contributed by atoms with van der Waals surface area (Å²) in [4.78, 5) is 39.9. The molecular weight excluding hydrogens is 435 g/mol. The van der Waals surface area contributed by atoms with Gasteiger partial charge in [0.05, 0.1) is 23.5 Å². The van der Waals surface area contributed by atoms with Gasteiger partial charge in [-0.15, -0.1) is 0 Å². The van der Waals surface area contributed by atoms with Crippen molar-refractivity contribution in [2.24, 2.45) is 0 Å². The summed E-state index contributed by atoms with van der Waals surface area (Å²) in [6, 6.07) is 23.3. The minimum absolute atomic E-state index is 0.0325. The van der Waals surface area contributed by atoms with Crippen molar-refractivity contribution in [1.82, 2.24) is 20.0 Å². The molecule has 34 heavy (non-hydrogen) atoms. The number of amides is 3. The minimum Gasteiger partial charge on any atom is -0.303 e. The van der Waals surface area contributed by atoms with E-state index < -0.39 is 17.8 Å². The molecule has 4 aromatic rings. The van der Waals surface area contributed by atoms with Crippen molar-refractivity contribution >= 4 is 18.0 Å². The number of hydrogen-bond donors (Lipinski definition) is 2. The normalized spacial score (nSPS) is 14.6. The van der Waals surface area contributed by atoms with E-state index in [4.69, 9.17) is 0 Å². The molecular formula is C26H19FN4O3. The van der Waals surface area contributed by atoms with Crippen molar-refractivity contribution in [3.8, 4) is 16.9 Å². The number of urea groups is 1. The first-order valence-electron chi connectivity index (χ1n) is 10.6. The molecule has 7 nitrogen and oxygen atoms in total. The Balaban J connectivity index is 1.56. The van der Waals surface area contributed by atoms with Gasteiger partial charge in [0.25, 0.3) is 11.5 Å². The summed E-state index contributed by atoms with van der Waals surface area (Å²) in [6.45, 7) is -0.0906. The SMILES string of the molecule is O=C1NC(=Cc2c(-c3ccccc3)[nH]n(-c3ccccc3)c2=O)C(=O)N1Cc1cccc(F)c1. The van der Waals surface area contributed by atoms with Crippen LogP contribution in [-0.4, -0.2) is 26.6 Å². The minimum atomic E-state index is -0.638. The quantitative estimate of drug-likeness (QED) is 0.352. The Kier molecular flexibility index (Phi) is 5.39. The first-order chi connectivity index (χ1) is 16.5. The highest BCUT2D eigenvalue weighted by Gasteiger charge is 2.34. The Morgan fingerprint density at radius 1 is 0.853 bits per heavy atom. The van der Waals surface area contributed by atoms with Crippen molar-refractivity contribution in [3.05, 3.63) is 118 Å². The van der Waals surface area contributed by atoms with Gasteiger partial charge in [0.15, 0.2) is 0 Å². The molecule has 3 amide bonds. The molecule has 0 bridgehead atoms. The monoisotopic (exact) mass is 454 g/mol. The van der Waals surface area contributed by atoms with Crippen LogP contribution >= 0.6 is 0 Å². The third kappa shape index (κ3) is 3.93. The molecule has 2 heterocycles. The van der Waals surface area contributed by atoms with E-state index in [-0.39, 0.29) is 23.4 Å². The van der Waals surface area contributed by atoms with E-state index in [0.29, 0.717) is 16.9 Å². The molecule has 0 saturated carbocycles. The van der Waals surface area contributed by atoms with Crippen LogP contribution in [0.2, 0.25) is 0 Å². The maximum absolute atomic E-state index is 13.5. The highest BCUT2D eigenvalue weighted by atomic mass is 19.1. The Morgan fingerprint density at radius 3 is 2.26 bits per heavy atom. The number of aromatic nitrogens is 2. The number of nitrogens with one attached hydrogen (secondary N) is 2. The lowest BCUT2D eigenvalue weighted by molar-refractivity contribution is -0.123. The third-order valence-electron chi connectivity index (χ3n) is 5.48. The lowest BCUT2D eigenvalue weighted by Gasteiger charge is -2.11. The molecule has 0 unspecified atom stereocenters. The Morgan fingerprint density at radius 2 is 1.56 bits per heavy atom. The number of aromatic amines is 1. The molecule has 1 aliphatic rings. The predicted octanol–water partition coefficient (Wildman–Crippen LogP) is 4.06. The lowest BCUT2D eigenvalue weighted by Crippen LogP contribution is -2.30. The number of imide groups is 1. The van der Waals surface area contributed by atoms with Gasteiger partial charge in [0.2, 0.25) is 0 Å². The molecule has 0 atom stereocenters. The fraction of sp³-hybridized carbons (Fsp3) is 0.0385. The smallest absolute Gasteiger partial charge is 0.303 e. The fourth-order valence-corrected chi connectivity index (χ4v) is 3.85. The van der Waals surface area contributed by atoms with Gasteiger partial charge in [-0.05, 0) is 35.9 Å². The van der Waals surface area contributed by atoms with E-state index in [9.17, 15) is 18.8 Å². The predicted molar refractivity (Wildman–Crippen MR) is 125 cm³/mol. The second-order valence-electron chi connectivity index (χ2n) is 7.75. The van der Waals surface area contributed by atoms with E-state index in [1.165, 1.54) is 29.0 Å². The second-order valence-corrected chi connectivity index (χ2v) is 7.75. The second kappa shape index (κ2) is 8.67. The maximum Gasteiger partial charge on any atom is 0.329 e. The van der Waals surface area contributed by atoms with Crippen LogP contribution < -0.4 is 10.9 Å². The lowest BCUT2D eigenvalue weighted by atomic mass is 10.1. The molecule has 5 rings (SSSR count). The topological polar surface area (TPSA) is 87.2 Å². The first kappa shape index (κ1) is 21.1. The summed E-state index contributed by atoms with van der Waals surface area (Å²) in [6.07, 6.45) is 1.38. The molecule has 0 spiro atoms. The molecule has 3 aromatic carbocycles. The van der Waals surface area contributed by atoms with Gasteiger partial charge in [0, 0.05) is 5.56 Å². The number of para-hydroxylation sites is 1. The molecule has 1 aromatic heterocycles. The highest BCUT2D eigenvalue weighted by Crippen LogP contribution is 2.24. The van der Waals surface area contributed by atoms with Crippen LogP contribution in [0.25, 0.3) is 23.0 Å². The Hall–Kier alpha value is -4.72. The summed E-state index contributed by atoms with van der Waals surface area (Å²) in [5, 5.41) is 5.66. The molecule has 168 valence electrons. The average Bonchev–Trinajstić information content (AvgIpc) is 3.31. The summed E-state index contributed by atoms with van der Waals surface area (Å²) >= 11 is 0. The van der Waals surface area contributed by atoms with E-state index in [2.05, 4.69) is 10.4 Å². The molecule has 1 aliphatic heterocycles. The Bertz CT molecular complexity index is 1470. The van der Waals surface area contributed by atoms with E-state index in [1.807, 2.05) is 48.5 Å². The van der Waals surface area contributed by atoms with Crippen molar-refractivity contribution in [1.29, 1.82) is 0 Å². The van der Waals surface area contributed by atoms with Crippen LogP contribution in [0.4, 0.5) is 9.18 Å². The van der Waals surface area contributed by atoms with Crippen LogP contribution in [0.3, 0.4) is 0 Å². The number of hydrogen-bond acceptors (Lipinski definition) is 3. The maximum atomic E-state index is 13.5.